The maximum atomic E-state index is 14.0. The summed E-state index contributed by atoms with van der Waals surface area (Å²) in [6.45, 7) is 8.87. The SMILES string of the molecule is COc1ccc(C2=C[C@@H](O)CCc3c2cc(OC)c(OC)c3OC)cc1C.COc1ccc(C2=C[C@@H](OC(=O)C(CC(=O)OCC3c4ccccc4-c4ccccc43)CC(C)C)CCc3c2cc(OC)c(OC)c3OC)cc1C.NC(=O)OCC1c2ccccc2-c2ccccc21.NC(=O)OCC1c2ccccc2-c2ccccc21. The molecule has 5 aliphatic carbocycles. The molecule has 10 aromatic carbocycles. The largest absolute Gasteiger partial charge is 0.496 e. The number of carbonyl (C=O) groups excluding carboxylic acids is 4. The van der Waals surface area contributed by atoms with Crippen molar-refractivity contribution in [1.82, 2.24) is 0 Å². The van der Waals surface area contributed by atoms with Gasteiger partial charge in [0, 0.05) is 28.9 Å². The summed E-state index contributed by atoms with van der Waals surface area (Å²) in [7, 11) is 12.9. The molecule has 0 aromatic heterocycles. The number of nitrogens with two attached hydrogens (primary N) is 2. The number of methoxy groups -OCH3 is 8. The Morgan fingerprint density at radius 1 is 0.400 bits per heavy atom. The molecule has 0 heterocycles. The summed E-state index contributed by atoms with van der Waals surface area (Å²) in [5.74, 6) is 3.84. The molecule has 15 rings (SSSR count). The average molecular weight is 1550 g/mol. The van der Waals surface area contributed by atoms with Crippen LogP contribution in [0.25, 0.3) is 44.5 Å². The van der Waals surface area contributed by atoms with E-state index in [1.54, 1.807) is 56.9 Å². The van der Waals surface area contributed by atoms with Gasteiger partial charge in [0.05, 0.1) is 75.3 Å². The number of esters is 2. The molecule has 19 nitrogen and oxygen atoms in total. The number of amides is 2. The number of hydrogen-bond donors (Lipinski definition) is 3. The lowest BCUT2D eigenvalue weighted by molar-refractivity contribution is -0.158. The van der Waals surface area contributed by atoms with Crippen LogP contribution in [0.1, 0.15) is 135 Å². The van der Waals surface area contributed by atoms with Gasteiger partial charge in [0.15, 0.2) is 23.0 Å². The zero-order valence-corrected chi connectivity index (χ0v) is 67.2. The Bertz CT molecular complexity index is 5030. The minimum absolute atomic E-state index is 0.0566. The van der Waals surface area contributed by atoms with E-state index in [-0.39, 0.29) is 36.7 Å². The van der Waals surface area contributed by atoms with Gasteiger partial charge in [-0.25, -0.2) is 9.59 Å². The summed E-state index contributed by atoms with van der Waals surface area (Å²) in [6, 6.07) is 65.1. The quantitative estimate of drug-likeness (QED) is 0.0421. The predicted molar refractivity (Wildman–Crippen MR) is 445 cm³/mol. The summed E-state index contributed by atoms with van der Waals surface area (Å²) in [6.07, 6.45) is 4.10. The van der Waals surface area contributed by atoms with Crippen molar-refractivity contribution in [1.29, 1.82) is 0 Å². The third-order valence-corrected chi connectivity index (χ3v) is 21.8. The van der Waals surface area contributed by atoms with Gasteiger partial charge in [-0.3, -0.25) is 9.59 Å². The van der Waals surface area contributed by atoms with Crippen LogP contribution in [0.15, 0.2) is 206 Å². The number of aryl methyl sites for hydroxylation is 2. The van der Waals surface area contributed by atoms with Crippen molar-refractivity contribution in [3.63, 3.8) is 0 Å². The van der Waals surface area contributed by atoms with Crippen molar-refractivity contribution < 1.29 is 81.1 Å². The van der Waals surface area contributed by atoms with Crippen LogP contribution in [0, 0.1) is 25.7 Å². The number of aliphatic hydroxyl groups excluding tert-OH is 1. The van der Waals surface area contributed by atoms with E-state index >= 15 is 0 Å². The van der Waals surface area contributed by atoms with E-state index in [0.717, 1.165) is 89.4 Å². The normalized spacial score (nSPS) is 14.8. The molecule has 0 aliphatic heterocycles. The molecule has 596 valence electrons. The average Bonchev–Trinajstić information content (AvgIpc) is 1.70. The summed E-state index contributed by atoms with van der Waals surface area (Å²) in [4.78, 5) is 49.0. The number of hydrogen-bond acceptors (Lipinski definition) is 17. The molecule has 0 radical (unpaired) electrons. The van der Waals surface area contributed by atoms with Crippen LogP contribution < -0.4 is 49.4 Å². The second-order valence-electron chi connectivity index (χ2n) is 29.1. The van der Waals surface area contributed by atoms with Crippen molar-refractivity contribution >= 4 is 35.3 Å². The van der Waals surface area contributed by atoms with E-state index in [4.69, 9.17) is 68.3 Å². The molecule has 3 atom stereocenters. The van der Waals surface area contributed by atoms with Crippen molar-refractivity contribution in [3.05, 3.63) is 284 Å². The molecule has 1 unspecified atom stereocenters. The van der Waals surface area contributed by atoms with E-state index in [2.05, 4.69) is 84.9 Å². The third kappa shape index (κ3) is 18.0. The highest BCUT2D eigenvalue weighted by Gasteiger charge is 2.36. The van der Waals surface area contributed by atoms with Gasteiger partial charge in [-0.15, -0.1) is 0 Å². The standard InChI is InChI=1S/C44H48O8.C22H26O5.2C15H13NO2/c1-26(2)20-29(22-41(45)51-25-38-33-14-10-8-12-31(33)32-13-9-11-15-34(32)38)44(46)52-30-17-18-35-37(24-40(48-5)43(50-7)42(35)49-6)36(23-30)28-16-19-39(47-4)27(3)21-28;1-13-10-14(6-9-19(13)24-2)17-11-15(23)7-8-16-18(17)12-20(25-3)22(27-5)21(16)26-4;2*16-15(17)18-9-14-12-7-3-1-5-10(12)11-6-2-4-8-13(11)14/h8-16,19,21,23-24,26,29-30,38H,17-18,20,22,25H2,1-7H3;6,9-12,15,23H,7-8H2,1-5H3;2*1-8,14H,9H2,(H2,16,17)/t29?,30-;15-;;/m00../s1. The van der Waals surface area contributed by atoms with Crippen molar-refractivity contribution in [3.8, 4) is 79.4 Å². The fraction of sp³-hybridized carbons (Fsp3) is 0.292. The van der Waals surface area contributed by atoms with Crippen LogP contribution in [0.5, 0.6) is 46.0 Å². The lowest BCUT2D eigenvalue weighted by Gasteiger charge is -2.21. The van der Waals surface area contributed by atoms with Crippen LogP contribution in [0.2, 0.25) is 0 Å². The number of carbonyl (C=O) groups is 4. The number of fused-ring (bicyclic) bond motifs is 11. The lowest BCUT2D eigenvalue weighted by Crippen LogP contribution is -2.27. The smallest absolute Gasteiger partial charge is 0.404 e. The molecule has 0 saturated heterocycles. The molecule has 0 bridgehead atoms. The minimum atomic E-state index is -0.725. The molecular formula is C96H100N2O17. The third-order valence-electron chi connectivity index (χ3n) is 21.8. The second kappa shape index (κ2) is 37.4. The van der Waals surface area contributed by atoms with Gasteiger partial charge in [-0.1, -0.05) is 172 Å². The van der Waals surface area contributed by atoms with Gasteiger partial charge in [0.2, 0.25) is 11.5 Å². The second-order valence-corrected chi connectivity index (χ2v) is 29.1. The fourth-order valence-corrected chi connectivity index (χ4v) is 16.6. The van der Waals surface area contributed by atoms with E-state index in [1.165, 1.54) is 44.5 Å². The van der Waals surface area contributed by atoms with E-state index in [9.17, 15) is 24.3 Å². The molecule has 2 amide bonds. The van der Waals surface area contributed by atoms with Crippen molar-refractivity contribution in [2.45, 2.75) is 96.2 Å². The minimum Gasteiger partial charge on any atom is -0.496 e. The molecule has 5 aliphatic rings. The highest BCUT2D eigenvalue weighted by atomic mass is 16.6. The Morgan fingerprint density at radius 2 is 0.739 bits per heavy atom. The van der Waals surface area contributed by atoms with Crippen molar-refractivity contribution in [2.75, 3.05) is 76.7 Å². The van der Waals surface area contributed by atoms with Gasteiger partial charge in [-0.2, -0.15) is 0 Å². The molecule has 115 heavy (non-hydrogen) atoms. The molecule has 0 spiro atoms. The first kappa shape index (κ1) is 82.0. The number of aliphatic hydroxyl groups is 1. The van der Waals surface area contributed by atoms with Gasteiger partial charge in [-0.05, 0) is 212 Å². The monoisotopic (exact) mass is 1550 g/mol. The first-order valence-electron chi connectivity index (χ1n) is 38.6. The van der Waals surface area contributed by atoms with Crippen LogP contribution in [-0.4, -0.2) is 118 Å². The molecule has 0 fully saturated rings. The first-order valence-corrected chi connectivity index (χ1v) is 38.6. The van der Waals surface area contributed by atoms with Crippen molar-refractivity contribution in [2.24, 2.45) is 23.3 Å². The molecule has 19 heteroatoms. The fourth-order valence-electron chi connectivity index (χ4n) is 16.6. The zero-order valence-electron chi connectivity index (χ0n) is 67.2. The molecular weight excluding hydrogens is 1450 g/mol. The lowest BCUT2D eigenvalue weighted by atomic mass is 9.91. The molecule has 10 aromatic rings. The highest BCUT2D eigenvalue weighted by molar-refractivity contribution is 5.89. The Labute approximate surface area is 672 Å². The van der Waals surface area contributed by atoms with Gasteiger partial charge < -0.3 is 73.4 Å². The molecule has 5 N–H and O–H groups in total. The number of primary amides is 2. The number of benzene rings is 10. The van der Waals surface area contributed by atoms with Gasteiger partial charge >= 0.3 is 24.1 Å². The first-order chi connectivity index (χ1) is 55.7. The van der Waals surface area contributed by atoms with E-state index < -0.39 is 42.3 Å². The Morgan fingerprint density at radius 3 is 1.07 bits per heavy atom. The van der Waals surface area contributed by atoms with Crippen LogP contribution in [-0.2, 0) is 41.4 Å². The maximum absolute atomic E-state index is 14.0. The number of rotatable bonds is 22. The Kier molecular flexibility index (Phi) is 26.7. The highest BCUT2D eigenvalue weighted by Crippen LogP contribution is 2.52. The van der Waals surface area contributed by atoms with Crippen LogP contribution >= 0.6 is 0 Å². The maximum Gasteiger partial charge on any atom is 0.404 e. The summed E-state index contributed by atoms with van der Waals surface area (Å²) >= 11 is 0. The van der Waals surface area contributed by atoms with Crippen LogP contribution in [0.4, 0.5) is 9.59 Å². The summed E-state index contributed by atoms with van der Waals surface area (Å²) in [5, 5.41) is 10.5. The van der Waals surface area contributed by atoms with E-state index in [0.29, 0.717) is 79.8 Å². The molecule has 0 saturated carbocycles. The Hall–Kier alpha value is -12.5. The number of ether oxygens (including phenoxy) is 12. The summed E-state index contributed by atoms with van der Waals surface area (Å²) < 4.78 is 67.2. The summed E-state index contributed by atoms with van der Waals surface area (Å²) in [5.41, 5.74) is 33.9. The van der Waals surface area contributed by atoms with E-state index in [1.807, 2.05) is 149 Å². The predicted octanol–water partition coefficient (Wildman–Crippen LogP) is 18.3. The zero-order chi connectivity index (χ0) is 81.6. The van der Waals surface area contributed by atoms with Gasteiger partial charge in [0.1, 0.15) is 37.4 Å². The Balaban J connectivity index is 0.000000160. The van der Waals surface area contributed by atoms with Gasteiger partial charge in [0.25, 0.3) is 0 Å². The topological polar surface area (TPSA) is 251 Å². The van der Waals surface area contributed by atoms with Crippen LogP contribution in [0.3, 0.4) is 0 Å².